The lowest BCUT2D eigenvalue weighted by Gasteiger charge is -2.00. The molecule has 1 heterocycles. The molecule has 0 spiro atoms. The van der Waals surface area contributed by atoms with E-state index in [4.69, 9.17) is 4.42 Å². The highest BCUT2D eigenvalue weighted by atomic mass is 16.3. The summed E-state index contributed by atoms with van der Waals surface area (Å²) in [5.74, 6) is 1.35. The fourth-order valence-electron chi connectivity index (χ4n) is 1.63. The SMILES string of the molecule is Cc1occc1CC1=CC=CCC(O)=C1. The van der Waals surface area contributed by atoms with Crippen LogP contribution in [0, 0.1) is 6.92 Å². The van der Waals surface area contributed by atoms with E-state index in [0.717, 1.165) is 17.8 Å². The maximum absolute atomic E-state index is 9.50. The zero-order valence-corrected chi connectivity index (χ0v) is 8.73. The lowest BCUT2D eigenvalue weighted by molar-refractivity contribution is 0.401. The lowest BCUT2D eigenvalue weighted by atomic mass is 10.1. The van der Waals surface area contributed by atoms with Gasteiger partial charge in [-0.3, -0.25) is 0 Å². The van der Waals surface area contributed by atoms with Crippen molar-refractivity contribution in [3.05, 3.63) is 59.3 Å². The first-order valence-electron chi connectivity index (χ1n) is 5.04. The van der Waals surface area contributed by atoms with E-state index >= 15 is 0 Å². The average Bonchev–Trinajstić information content (AvgIpc) is 2.48. The number of hydrogen-bond donors (Lipinski definition) is 1. The predicted molar refractivity (Wildman–Crippen MR) is 59.7 cm³/mol. The van der Waals surface area contributed by atoms with Gasteiger partial charge in [0.15, 0.2) is 0 Å². The zero-order valence-electron chi connectivity index (χ0n) is 8.73. The minimum atomic E-state index is 0.413. The van der Waals surface area contributed by atoms with Gasteiger partial charge >= 0.3 is 0 Å². The predicted octanol–water partition coefficient (Wildman–Crippen LogP) is 3.46. The molecule has 0 saturated carbocycles. The molecule has 0 fully saturated rings. The van der Waals surface area contributed by atoms with E-state index in [1.54, 1.807) is 6.26 Å². The topological polar surface area (TPSA) is 33.4 Å². The normalized spacial score (nSPS) is 15.8. The number of aryl methyl sites for hydroxylation is 1. The van der Waals surface area contributed by atoms with Crippen molar-refractivity contribution in [2.24, 2.45) is 0 Å². The Balaban J connectivity index is 2.19. The van der Waals surface area contributed by atoms with Crippen LogP contribution in [0.4, 0.5) is 0 Å². The van der Waals surface area contributed by atoms with Crippen LogP contribution in [0.2, 0.25) is 0 Å². The molecule has 0 aromatic carbocycles. The summed E-state index contributed by atoms with van der Waals surface area (Å²) in [6, 6.07) is 1.97. The Morgan fingerprint density at radius 2 is 2.33 bits per heavy atom. The highest BCUT2D eigenvalue weighted by Gasteiger charge is 2.05. The maximum atomic E-state index is 9.50. The number of rotatable bonds is 2. The number of allylic oxidation sites excluding steroid dienone is 5. The van der Waals surface area contributed by atoms with Crippen molar-refractivity contribution in [1.29, 1.82) is 0 Å². The third-order valence-electron chi connectivity index (χ3n) is 2.49. The van der Waals surface area contributed by atoms with Crippen LogP contribution < -0.4 is 0 Å². The van der Waals surface area contributed by atoms with E-state index in [9.17, 15) is 5.11 Å². The molecule has 0 atom stereocenters. The minimum absolute atomic E-state index is 0.413. The molecule has 1 aromatic heterocycles. The number of aliphatic hydroxyl groups excluding tert-OH is 1. The van der Waals surface area contributed by atoms with Crippen molar-refractivity contribution >= 4 is 0 Å². The molecule has 1 N–H and O–H groups in total. The molecule has 1 aromatic rings. The Labute approximate surface area is 89.2 Å². The summed E-state index contributed by atoms with van der Waals surface area (Å²) in [6.07, 6.45) is 10.9. The summed E-state index contributed by atoms with van der Waals surface area (Å²) in [6.45, 7) is 1.95. The molecule has 0 saturated heterocycles. The van der Waals surface area contributed by atoms with Gasteiger partial charge in [0.25, 0.3) is 0 Å². The second kappa shape index (κ2) is 4.22. The zero-order chi connectivity index (χ0) is 10.7. The molecule has 0 radical (unpaired) electrons. The van der Waals surface area contributed by atoms with Crippen molar-refractivity contribution in [2.75, 3.05) is 0 Å². The summed E-state index contributed by atoms with van der Waals surface area (Å²) in [5, 5.41) is 9.50. The molecule has 0 aliphatic heterocycles. The second-order valence-electron chi connectivity index (χ2n) is 3.69. The molecule has 2 nitrogen and oxygen atoms in total. The van der Waals surface area contributed by atoms with Crippen LogP contribution in [0.5, 0.6) is 0 Å². The van der Waals surface area contributed by atoms with Crippen LogP contribution in [-0.4, -0.2) is 5.11 Å². The van der Waals surface area contributed by atoms with Gasteiger partial charge in [-0.25, -0.2) is 0 Å². The molecule has 0 amide bonds. The van der Waals surface area contributed by atoms with Gasteiger partial charge in [-0.05, 0) is 30.2 Å². The van der Waals surface area contributed by atoms with Crippen molar-refractivity contribution in [2.45, 2.75) is 19.8 Å². The highest BCUT2D eigenvalue weighted by Crippen LogP contribution is 2.18. The van der Waals surface area contributed by atoms with Gasteiger partial charge in [-0.1, -0.05) is 18.2 Å². The molecule has 0 bridgehead atoms. The first-order chi connectivity index (χ1) is 7.25. The van der Waals surface area contributed by atoms with Crippen LogP contribution in [0.1, 0.15) is 17.7 Å². The lowest BCUT2D eigenvalue weighted by Crippen LogP contribution is -1.89. The van der Waals surface area contributed by atoms with Crippen LogP contribution >= 0.6 is 0 Å². The Bertz CT molecular complexity index is 433. The van der Waals surface area contributed by atoms with Crippen molar-refractivity contribution < 1.29 is 9.52 Å². The number of aliphatic hydroxyl groups is 1. The van der Waals surface area contributed by atoms with E-state index in [0.29, 0.717) is 12.2 Å². The monoisotopic (exact) mass is 202 g/mol. The van der Waals surface area contributed by atoms with Gasteiger partial charge in [0, 0.05) is 12.8 Å². The molecule has 2 rings (SSSR count). The second-order valence-corrected chi connectivity index (χ2v) is 3.69. The van der Waals surface area contributed by atoms with Gasteiger partial charge in [-0.2, -0.15) is 0 Å². The maximum Gasteiger partial charge on any atom is 0.104 e. The molecule has 1 aliphatic carbocycles. The summed E-state index contributed by atoms with van der Waals surface area (Å²) >= 11 is 0. The fourth-order valence-corrected chi connectivity index (χ4v) is 1.63. The van der Waals surface area contributed by atoms with Crippen LogP contribution in [-0.2, 0) is 6.42 Å². The summed E-state index contributed by atoms with van der Waals surface area (Å²) < 4.78 is 5.24. The van der Waals surface area contributed by atoms with Gasteiger partial charge in [0.1, 0.15) is 5.76 Å². The summed E-state index contributed by atoms with van der Waals surface area (Å²) in [7, 11) is 0. The first-order valence-corrected chi connectivity index (χ1v) is 5.04. The van der Waals surface area contributed by atoms with Gasteiger partial charge < -0.3 is 9.52 Å². The van der Waals surface area contributed by atoms with E-state index in [2.05, 4.69) is 0 Å². The summed E-state index contributed by atoms with van der Waals surface area (Å²) in [5.41, 5.74) is 2.27. The number of furan rings is 1. The fraction of sp³-hybridized carbons (Fsp3) is 0.231. The van der Waals surface area contributed by atoms with Crippen LogP contribution in [0.25, 0.3) is 0 Å². The third-order valence-corrected chi connectivity index (χ3v) is 2.49. The largest absolute Gasteiger partial charge is 0.512 e. The molecule has 1 aliphatic rings. The average molecular weight is 202 g/mol. The molecular formula is C13H14O2. The quantitative estimate of drug-likeness (QED) is 0.796. The number of hydrogen-bond acceptors (Lipinski definition) is 2. The van der Waals surface area contributed by atoms with Crippen LogP contribution in [0.3, 0.4) is 0 Å². The smallest absolute Gasteiger partial charge is 0.104 e. The third kappa shape index (κ3) is 2.40. The molecule has 2 heteroatoms. The molecule has 78 valence electrons. The van der Waals surface area contributed by atoms with Gasteiger partial charge in [0.05, 0.1) is 12.0 Å². The Morgan fingerprint density at radius 3 is 3.07 bits per heavy atom. The van der Waals surface area contributed by atoms with E-state index < -0.39 is 0 Å². The first kappa shape index (κ1) is 9.84. The molecular weight excluding hydrogens is 188 g/mol. The molecule has 0 unspecified atom stereocenters. The van der Waals surface area contributed by atoms with Gasteiger partial charge in [0.2, 0.25) is 0 Å². The summed E-state index contributed by atoms with van der Waals surface area (Å²) in [4.78, 5) is 0. The molecule has 15 heavy (non-hydrogen) atoms. The highest BCUT2D eigenvalue weighted by molar-refractivity contribution is 5.34. The van der Waals surface area contributed by atoms with E-state index in [-0.39, 0.29) is 0 Å². The minimum Gasteiger partial charge on any atom is -0.512 e. The Kier molecular flexibility index (Phi) is 2.77. The van der Waals surface area contributed by atoms with E-state index in [1.807, 2.05) is 37.3 Å². The van der Waals surface area contributed by atoms with Crippen molar-refractivity contribution in [3.63, 3.8) is 0 Å². The van der Waals surface area contributed by atoms with Crippen molar-refractivity contribution in [3.8, 4) is 0 Å². The van der Waals surface area contributed by atoms with Crippen LogP contribution in [0.15, 0.2) is 52.4 Å². The van der Waals surface area contributed by atoms with Gasteiger partial charge in [-0.15, -0.1) is 0 Å². The Morgan fingerprint density at radius 1 is 1.47 bits per heavy atom. The van der Waals surface area contributed by atoms with Crippen molar-refractivity contribution in [1.82, 2.24) is 0 Å². The Hall–Kier alpha value is -1.70. The van der Waals surface area contributed by atoms with E-state index in [1.165, 1.54) is 5.56 Å². The standard InChI is InChI=1S/C13H14O2/c1-10-12(6-7-15-10)8-11-4-2-3-5-13(14)9-11/h2-4,6-7,9,14H,5,8H2,1H3.